The van der Waals surface area contributed by atoms with E-state index in [4.69, 9.17) is 5.26 Å². The van der Waals surface area contributed by atoms with Gasteiger partial charge in [0.05, 0.1) is 5.56 Å². The number of nitrogens with one attached hydrogen (secondary N) is 1. The van der Waals surface area contributed by atoms with Crippen LogP contribution in [0.25, 0.3) is 11.4 Å². The Morgan fingerprint density at radius 3 is 2.66 bits per heavy atom. The molecular formula is C18H13F3N6O2. The van der Waals surface area contributed by atoms with Gasteiger partial charge in [0.1, 0.15) is 18.4 Å². The zero-order chi connectivity index (χ0) is 20.9. The minimum absolute atomic E-state index is 0.141. The molecule has 1 N–H and O–H groups in total. The van der Waals surface area contributed by atoms with Gasteiger partial charge in [0.2, 0.25) is 11.7 Å². The van der Waals surface area contributed by atoms with E-state index in [9.17, 15) is 18.0 Å². The van der Waals surface area contributed by atoms with Crippen molar-refractivity contribution >= 4 is 11.6 Å². The van der Waals surface area contributed by atoms with Gasteiger partial charge in [-0.25, -0.2) is 0 Å². The monoisotopic (exact) mass is 402 g/mol. The summed E-state index contributed by atoms with van der Waals surface area (Å²) in [5.74, 6) is -0.375. The lowest BCUT2D eigenvalue weighted by Gasteiger charge is -2.11. The van der Waals surface area contributed by atoms with E-state index in [1.807, 2.05) is 18.2 Å². The molecule has 0 aliphatic heterocycles. The van der Waals surface area contributed by atoms with Gasteiger partial charge < -0.3 is 10.1 Å². The summed E-state index contributed by atoms with van der Waals surface area (Å²) >= 11 is 0. The summed E-state index contributed by atoms with van der Waals surface area (Å²) < 4.78 is 41.4. The molecule has 29 heavy (non-hydrogen) atoms. The van der Waals surface area contributed by atoms with Crippen LogP contribution in [0.1, 0.15) is 5.56 Å². The maximum Gasteiger partial charge on any atom is 0.422 e. The van der Waals surface area contributed by atoms with Crippen molar-refractivity contribution in [1.82, 2.24) is 20.2 Å². The smallest absolute Gasteiger partial charge is 0.422 e. The zero-order valence-corrected chi connectivity index (χ0v) is 14.7. The van der Waals surface area contributed by atoms with Crippen molar-refractivity contribution < 1.29 is 22.7 Å². The van der Waals surface area contributed by atoms with Crippen LogP contribution in [0.2, 0.25) is 0 Å². The molecule has 3 aromatic rings. The molecule has 0 aliphatic rings. The maximum absolute atomic E-state index is 12.3. The van der Waals surface area contributed by atoms with Crippen LogP contribution in [0.15, 0.2) is 48.5 Å². The first-order chi connectivity index (χ1) is 13.8. The van der Waals surface area contributed by atoms with Crippen molar-refractivity contribution in [1.29, 1.82) is 5.26 Å². The van der Waals surface area contributed by atoms with Crippen LogP contribution in [0.3, 0.4) is 0 Å². The third kappa shape index (κ3) is 5.52. The minimum atomic E-state index is -4.52. The number of rotatable bonds is 6. The molecule has 3 rings (SSSR count). The zero-order valence-electron chi connectivity index (χ0n) is 14.7. The molecule has 0 saturated carbocycles. The second-order valence-electron chi connectivity index (χ2n) is 5.78. The van der Waals surface area contributed by atoms with Crippen molar-refractivity contribution in [2.24, 2.45) is 0 Å². The van der Waals surface area contributed by atoms with Gasteiger partial charge in [-0.1, -0.05) is 30.3 Å². The van der Waals surface area contributed by atoms with E-state index >= 15 is 0 Å². The molecule has 0 fully saturated rings. The molecule has 0 saturated heterocycles. The van der Waals surface area contributed by atoms with Crippen LogP contribution in [0.5, 0.6) is 5.75 Å². The first-order valence-electron chi connectivity index (χ1n) is 8.21. The van der Waals surface area contributed by atoms with Crippen molar-refractivity contribution in [3.8, 4) is 23.2 Å². The molecule has 2 aromatic carbocycles. The highest BCUT2D eigenvalue weighted by Gasteiger charge is 2.28. The van der Waals surface area contributed by atoms with E-state index < -0.39 is 18.7 Å². The van der Waals surface area contributed by atoms with Gasteiger partial charge in [-0.3, -0.25) is 4.79 Å². The molecule has 8 nitrogen and oxygen atoms in total. The van der Waals surface area contributed by atoms with Crippen molar-refractivity contribution in [2.75, 3.05) is 11.9 Å². The van der Waals surface area contributed by atoms with E-state index in [2.05, 4.69) is 25.5 Å². The van der Waals surface area contributed by atoms with Crippen LogP contribution in [-0.4, -0.2) is 38.9 Å². The maximum atomic E-state index is 12.3. The van der Waals surface area contributed by atoms with Crippen molar-refractivity contribution in [3.05, 3.63) is 54.1 Å². The number of aromatic nitrogens is 4. The summed E-state index contributed by atoms with van der Waals surface area (Å²) in [7, 11) is 0. The van der Waals surface area contributed by atoms with Crippen LogP contribution in [0.4, 0.5) is 18.9 Å². The molecule has 11 heteroatoms. The third-order valence-electron chi connectivity index (χ3n) is 3.54. The summed E-state index contributed by atoms with van der Waals surface area (Å²) in [4.78, 5) is 13.3. The molecule has 1 heterocycles. The van der Waals surface area contributed by atoms with Crippen molar-refractivity contribution in [3.63, 3.8) is 0 Å². The molecule has 0 bridgehead atoms. The van der Waals surface area contributed by atoms with E-state index in [1.54, 1.807) is 18.2 Å². The first kappa shape index (κ1) is 19.8. The predicted molar refractivity (Wildman–Crippen MR) is 94.6 cm³/mol. The summed E-state index contributed by atoms with van der Waals surface area (Å²) in [6.07, 6.45) is -4.52. The number of carbonyl (C=O) groups is 1. The lowest BCUT2D eigenvalue weighted by Crippen LogP contribution is -2.21. The number of benzene rings is 2. The predicted octanol–water partition coefficient (Wildman–Crippen LogP) is 2.79. The number of ether oxygens (including phenoxy) is 1. The number of halogens is 3. The number of alkyl halides is 3. The quantitative estimate of drug-likeness (QED) is 0.680. The van der Waals surface area contributed by atoms with Crippen LogP contribution in [0, 0.1) is 11.3 Å². The van der Waals surface area contributed by atoms with E-state index in [0.717, 1.165) is 10.4 Å². The summed E-state index contributed by atoms with van der Waals surface area (Å²) in [6.45, 7) is -1.76. The largest absolute Gasteiger partial charge is 0.483 e. The Morgan fingerprint density at radius 2 is 1.97 bits per heavy atom. The molecule has 0 spiro atoms. The molecule has 0 unspecified atom stereocenters. The van der Waals surface area contributed by atoms with Gasteiger partial charge in [-0.15, -0.1) is 10.2 Å². The van der Waals surface area contributed by atoms with E-state index in [1.165, 1.54) is 18.2 Å². The van der Waals surface area contributed by atoms with Gasteiger partial charge in [-0.05, 0) is 23.4 Å². The van der Waals surface area contributed by atoms with Gasteiger partial charge in [-0.2, -0.15) is 23.2 Å². The highest BCUT2D eigenvalue weighted by molar-refractivity contribution is 5.90. The summed E-state index contributed by atoms with van der Waals surface area (Å²) in [6, 6.07) is 14.5. The fraction of sp³-hybridized carbons (Fsp3) is 0.167. The van der Waals surface area contributed by atoms with Crippen molar-refractivity contribution in [2.45, 2.75) is 12.7 Å². The van der Waals surface area contributed by atoms with Gasteiger partial charge in [0.15, 0.2) is 6.61 Å². The SMILES string of the molecule is N#Cc1cc(NC(=O)Cn2nnc(-c3ccccc3)n2)ccc1OCC(F)(F)F. The summed E-state index contributed by atoms with van der Waals surface area (Å²) in [5, 5.41) is 23.4. The number of carbonyl (C=O) groups excluding carboxylic acids is 1. The number of tetrazole rings is 1. The summed E-state index contributed by atoms with van der Waals surface area (Å²) in [5.41, 5.74) is 0.818. The Balaban J connectivity index is 1.63. The highest BCUT2D eigenvalue weighted by Crippen LogP contribution is 2.25. The van der Waals surface area contributed by atoms with Crippen LogP contribution < -0.4 is 10.1 Å². The molecular weight excluding hydrogens is 389 g/mol. The molecule has 0 atom stereocenters. The second-order valence-corrected chi connectivity index (χ2v) is 5.78. The van der Waals surface area contributed by atoms with E-state index in [0.29, 0.717) is 5.82 Å². The van der Waals surface area contributed by atoms with Crippen LogP contribution in [-0.2, 0) is 11.3 Å². The Hall–Kier alpha value is -3.94. The van der Waals surface area contributed by atoms with Gasteiger partial charge in [0, 0.05) is 11.3 Å². The average Bonchev–Trinajstić information content (AvgIpc) is 3.15. The average molecular weight is 402 g/mol. The van der Waals surface area contributed by atoms with Gasteiger partial charge in [0.25, 0.3) is 0 Å². The fourth-order valence-electron chi connectivity index (χ4n) is 2.32. The molecule has 1 aromatic heterocycles. The third-order valence-corrected chi connectivity index (χ3v) is 3.54. The standard InChI is InChI=1S/C18H13F3N6O2/c19-18(20,21)11-29-15-7-6-14(8-13(15)9-22)23-16(28)10-27-25-17(24-26-27)12-4-2-1-3-5-12/h1-8H,10-11H2,(H,23,28). The molecule has 1 amide bonds. The Bertz CT molecular complexity index is 1040. The number of nitrogens with zero attached hydrogens (tertiary/aromatic N) is 5. The van der Waals surface area contributed by atoms with Crippen LogP contribution >= 0.6 is 0 Å². The number of nitriles is 1. The Morgan fingerprint density at radius 1 is 1.21 bits per heavy atom. The second kappa shape index (κ2) is 8.39. The Labute approximate surface area is 162 Å². The molecule has 0 radical (unpaired) electrons. The molecule has 148 valence electrons. The number of anilines is 1. The minimum Gasteiger partial charge on any atom is -0.483 e. The normalized spacial score (nSPS) is 11.0. The molecule has 0 aliphatic carbocycles. The fourth-order valence-corrected chi connectivity index (χ4v) is 2.32. The lowest BCUT2D eigenvalue weighted by molar-refractivity contribution is -0.153. The highest BCUT2D eigenvalue weighted by atomic mass is 19.4. The first-order valence-corrected chi connectivity index (χ1v) is 8.21. The Kier molecular flexibility index (Phi) is 5.73. The van der Waals surface area contributed by atoms with Gasteiger partial charge >= 0.3 is 6.18 Å². The topological polar surface area (TPSA) is 106 Å². The number of amides is 1. The number of hydrogen-bond acceptors (Lipinski definition) is 6. The number of hydrogen-bond donors (Lipinski definition) is 1. The van der Waals surface area contributed by atoms with E-state index in [-0.39, 0.29) is 23.5 Å². The lowest BCUT2D eigenvalue weighted by atomic mass is 10.2.